The molecule has 0 radical (unpaired) electrons. The van der Waals surface area contributed by atoms with Gasteiger partial charge in [0.25, 0.3) is 0 Å². The van der Waals surface area contributed by atoms with Crippen molar-refractivity contribution in [3.63, 3.8) is 0 Å². The maximum Gasteiger partial charge on any atom is 0.326 e. The summed E-state index contributed by atoms with van der Waals surface area (Å²) in [5.41, 5.74) is 0. The van der Waals surface area contributed by atoms with Crippen LogP contribution in [0.15, 0.2) is 0 Å². The van der Waals surface area contributed by atoms with Gasteiger partial charge in [0.05, 0.1) is 18.6 Å². The molecule has 3 atom stereocenters. The van der Waals surface area contributed by atoms with E-state index in [9.17, 15) is 14.7 Å². The van der Waals surface area contributed by atoms with Gasteiger partial charge >= 0.3 is 5.97 Å². The predicted molar refractivity (Wildman–Crippen MR) is 57.4 cm³/mol. The highest BCUT2D eigenvalue weighted by atomic mass is 16.5. The van der Waals surface area contributed by atoms with Gasteiger partial charge in [0, 0.05) is 19.6 Å². The van der Waals surface area contributed by atoms with Crippen LogP contribution in [0.1, 0.15) is 25.7 Å². The van der Waals surface area contributed by atoms with Crippen molar-refractivity contribution in [3.05, 3.63) is 0 Å². The van der Waals surface area contributed by atoms with Crippen molar-refractivity contribution in [1.29, 1.82) is 0 Å². The monoisotopic (exact) mass is 243 g/mol. The van der Waals surface area contributed by atoms with Crippen LogP contribution in [-0.4, -0.2) is 58.4 Å². The molecule has 2 saturated heterocycles. The average Bonchev–Trinajstić information content (AvgIpc) is 2.86. The van der Waals surface area contributed by atoms with E-state index in [-0.39, 0.29) is 31.4 Å². The number of amides is 1. The number of carboxylic acid groups (broad SMARTS) is 1. The first-order valence-electron chi connectivity index (χ1n) is 5.90. The normalized spacial score (nSPS) is 33.0. The number of hydrogen-bond acceptors (Lipinski definition) is 4. The number of aliphatic hydroxyl groups is 1. The van der Waals surface area contributed by atoms with E-state index >= 15 is 0 Å². The number of carboxylic acids is 1. The van der Waals surface area contributed by atoms with E-state index in [1.165, 1.54) is 4.90 Å². The van der Waals surface area contributed by atoms with Gasteiger partial charge in [0.1, 0.15) is 6.04 Å². The van der Waals surface area contributed by atoms with Gasteiger partial charge in [-0.2, -0.15) is 0 Å². The maximum absolute atomic E-state index is 11.9. The Morgan fingerprint density at radius 2 is 2.18 bits per heavy atom. The molecule has 96 valence electrons. The molecule has 2 aliphatic heterocycles. The third-order valence-corrected chi connectivity index (χ3v) is 3.31. The lowest BCUT2D eigenvalue weighted by Crippen LogP contribution is -2.41. The lowest BCUT2D eigenvalue weighted by molar-refractivity contribution is -0.149. The Morgan fingerprint density at radius 1 is 1.41 bits per heavy atom. The molecular weight excluding hydrogens is 226 g/mol. The molecule has 2 aliphatic rings. The number of ether oxygens (including phenoxy) is 1. The van der Waals surface area contributed by atoms with Crippen LogP contribution < -0.4 is 0 Å². The Labute approximate surface area is 99.2 Å². The van der Waals surface area contributed by atoms with Crippen LogP contribution in [-0.2, 0) is 14.3 Å². The van der Waals surface area contributed by atoms with E-state index in [0.717, 1.165) is 12.8 Å². The largest absolute Gasteiger partial charge is 0.480 e. The van der Waals surface area contributed by atoms with E-state index in [0.29, 0.717) is 6.61 Å². The van der Waals surface area contributed by atoms with Gasteiger partial charge in [-0.1, -0.05) is 0 Å². The molecule has 2 unspecified atom stereocenters. The highest BCUT2D eigenvalue weighted by Gasteiger charge is 2.39. The van der Waals surface area contributed by atoms with Crippen molar-refractivity contribution in [2.24, 2.45) is 0 Å². The Balaban J connectivity index is 1.94. The van der Waals surface area contributed by atoms with Crippen LogP contribution in [0.3, 0.4) is 0 Å². The highest BCUT2D eigenvalue weighted by Crippen LogP contribution is 2.22. The minimum absolute atomic E-state index is 0.0883. The lowest BCUT2D eigenvalue weighted by Gasteiger charge is -2.22. The smallest absolute Gasteiger partial charge is 0.326 e. The number of rotatable bonds is 3. The molecule has 0 saturated carbocycles. The molecule has 6 nitrogen and oxygen atoms in total. The second-order valence-electron chi connectivity index (χ2n) is 4.63. The number of β-amino-alcohol motifs (C(OH)–C–C–N with tert-alkyl or cyclic N) is 1. The summed E-state index contributed by atoms with van der Waals surface area (Å²) in [6, 6.07) is -0.890. The number of aliphatic hydroxyl groups excluding tert-OH is 1. The first kappa shape index (κ1) is 12.3. The number of carbonyl (C=O) groups is 2. The molecule has 2 heterocycles. The number of hydrogen-bond donors (Lipinski definition) is 2. The highest BCUT2D eigenvalue weighted by molar-refractivity contribution is 5.84. The summed E-state index contributed by atoms with van der Waals surface area (Å²) in [5, 5.41) is 18.4. The molecular formula is C11H17NO5. The van der Waals surface area contributed by atoms with Crippen LogP contribution in [0, 0.1) is 0 Å². The zero-order chi connectivity index (χ0) is 12.4. The summed E-state index contributed by atoms with van der Waals surface area (Å²) < 4.78 is 5.35. The van der Waals surface area contributed by atoms with Crippen molar-refractivity contribution >= 4 is 11.9 Å². The van der Waals surface area contributed by atoms with Gasteiger partial charge in [-0.3, -0.25) is 4.79 Å². The third kappa shape index (κ3) is 2.76. The fourth-order valence-electron chi connectivity index (χ4n) is 2.44. The SMILES string of the molecule is O=C(O)[C@@H]1CC(O)CN1C(=O)CC1CCCO1. The zero-order valence-corrected chi connectivity index (χ0v) is 9.54. The standard InChI is InChI=1S/C11H17NO5/c13-7-4-9(11(15)16)12(6-7)10(14)5-8-2-1-3-17-8/h7-9,13H,1-6H2,(H,15,16)/t7?,8?,9-/m0/s1. The Hall–Kier alpha value is -1.14. The second kappa shape index (κ2) is 5.01. The van der Waals surface area contributed by atoms with Crippen LogP contribution in [0.5, 0.6) is 0 Å². The molecule has 0 aliphatic carbocycles. The summed E-state index contributed by atoms with van der Waals surface area (Å²) in [4.78, 5) is 24.2. The van der Waals surface area contributed by atoms with E-state index in [1.807, 2.05) is 0 Å². The first-order chi connectivity index (χ1) is 8.08. The maximum atomic E-state index is 11.9. The minimum atomic E-state index is -1.05. The Kier molecular flexibility index (Phi) is 3.63. The number of carbonyl (C=O) groups excluding carboxylic acids is 1. The number of aliphatic carboxylic acids is 1. The predicted octanol–water partition coefficient (Wildman–Crippen LogP) is -0.398. The molecule has 6 heteroatoms. The zero-order valence-electron chi connectivity index (χ0n) is 9.54. The van der Waals surface area contributed by atoms with Crippen molar-refractivity contribution < 1.29 is 24.5 Å². The molecule has 2 rings (SSSR count). The Morgan fingerprint density at radius 3 is 2.76 bits per heavy atom. The molecule has 0 bridgehead atoms. The molecule has 2 N–H and O–H groups in total. The van der Waals surface area contributed by atoms with Gasteiger partial charge < -0.3 is 19.8 Å². The van der Waals surface area contributed by atoms with Crippen molar-refractivity contribution in [3.8, 4) is 0 Å². The van der Waals surface area contributed by atoms with Crippen LogP contribution in [0.2, 0.25) is 0 Å². The quantitative estimate of drug-likeness (QED) is 0.704. The van der Waals surface area contributed by atoms with Crippen molar-refractivity contribution in [1.82, 2.24) is 4.90 Å². The van der Waals surface area contributed by atoms with E-state index < -0.39 is 18.1 Å². The average molecular weight is 243 g/mol. The van der Waals surface area contributed by atoms with E-state index in [2.05, 4.69) is 0 Å². The number of nitrogens with zero attached hydrogens (tertiary/aromatic N) is 1. The molecule has 1 amide bonds. The summed E-state index contributed by atoms with van der Waals surface area (Å²) in [5.74, 6) is -1.29. The summed E-state index contributed by atoms with van der Waals surface area (Å²) >= 11 is 0. The number of likely N-dealkylation sites (tertiary alicyclic amines) is 1. The second-order valence-corrected chi connectivity index (χ2v) is 4.63. The minimum Gasteiger partial charge on any atom is -0.480 e. The van der Waals surface area contributed by atoms with Crippen molar-refractivity contribution in [2.45, 2.75) is 43.9 Å². The molecule has 17 heavy (non-hydrogen) atoms. The molecule has 2 fully saturated rings. The third-order valence-electron chi connectivity index (χ3n) is 3.31. The van der Waals surface area contributed by atoms with E-state index in [1.54, 1.807) is 0 Å². The lowest BCUT2D eigenvalue weighted by atomic mass is 10.1. The van der Waals surface area contributed by atoms with Gasteiger partial charge in [0.2, 0.25) is 5.91 Å². The molecule has 0 aromatic heterocycles. The summed E-state index contributed by atoms with van der Waals surface area (Å²) in [7, 11) is 0. The van der Waals surface area contributed by atoms with Gasteiger partial charge in [-0.05, 0) is 12.8 Å². The van der Waals surface area contributed by atoms with Crippen molar-refractivity contribution in [2.75, 3.05) is 13.2 Å². The van der Waals surface area contributed by atoms with Gasteiger partial charge in [-0.25, -0.2) is 4.79 Å². The first-order valence-corrected chi connectivity index (χ1v) is 5.90. The molecule has 0 spiro atoms. The fourth-order valence-corrected chi connectivity index (χ4v) is 2.44. The van der Waals surface area contributed by atoms with Gasteiger partial charge in [-0.15, -0.1) is 0 Å². The van der Waals surface area contributed by atoms with Crippen LogP contribution in [0.4, 0.5) is 0 Å². The topological polar surface area (TPSA) is 87.1 Å². The van der Waals surface area contributed by atoms with Gasteiger partial charge in [0.15, 0.2) is 0 Å². The van der Waals surface area contributed by atoms with Crippen LogP contribution in [0.25, 0.3) is 0 Å². The molecule has 0 aromatic carbocycles. The molecule has 0 aromatic rings. The fraction of sp³-hybridized carbons (Fsp3) is 0.818. The van der Waals surface area contributed by atoms with E-state index in [4.69, 9.17) is 9.84 Å². The Bertz CT molecular complexity index is 313. The summed E-state index contributed by atoms with van der Waals surface area (Å²) in [6.07, 6.45) is 1.31. The van der Waals surface area contributed by atoms with Crippen LogP contribution >= 0.6 is 0 Å². The summed E-state index contributed by atoms with van der Waals surface area (Å²) in [6.45, 7) is 0.783.